The van der Waals surface area contributed by atoms with Gasteiger partial charge in [0.25, 0.3) is 0 Å². The Kier molecular flexibility index (Phi) is 8.64. The topological polar surface area (TPSA) is 93.7 Å². The first-order chi connectivity index (χ1) is 15.1. The third-order valence-electron chi connectivity index (χ3n) is 5.49. The van der Waals surface area contributed by atoms with Crippen molar-refractivity contribution in [1.29, 1.82) is 5.26 Å². The van der Waals surface area contributed by atoms with Crippen LogP contribution in [0.5, 0.6) is 0 Å². The van der Waals surface area contributed by atoms with Crippen molar-refractivity contribution >= 4 is 0 Å². The molecule has 5 nitrogen and oxygen atoms in total. The van der Waals surface area contributed by atoms with E-state index in [1.165, 1.54) is 0 Å². The molecule has 0 aromatic heterocycles. The second kappa shape index (κ2) is 11.6. The number of aliphatic hydroxyl groups is 3. The van der Waals surface area contributed by atoms with Gasteiger partial charge < -0.3 is 20.1 Å². The van der Waals surface area contributed by atoms with Gasteiger partial charge in [-0.1, -0.05) is 36.1 Å². The normalized spacial score (nSPS) is 20.5. The first-order valence-electron chi connectivity index (χ1n) is 10.8. The number of hydrogen-bond acceptors (Lipinski definition) is 5. The summed E-state index contributed by atoms with van der Waals surface area (Å²) in [5.74, 6) is 6.26. The molecule has 3 rings (SSSR count). The van der Waals surface area contributed by atoms with Gasteiger partial charge in [-0.05, 0) is 54.2 Å². The molecule has 0 spiro atoms. The minimum Gasteiger partial charge on any atom is -0.396 e. The van der Waals surface area contributed by atoms with Gasteiger partial charge in [0.05, 0.1) is 36.6 Å². The smallest absolute Gasteiger partial charge is 0.0994 e. The zero-order valence-electron chi connectivity index (χ0n) is 17.6. The maximum atomic E-state index is 10.1. The number of ether oxygens (including phenoxy) is 1. The van der Waals surface area contributed by atoms with Crippen LogP contribution in [0.15, 0.2) is 42.5 Å². The summed E-state index contributed by atoms with van der Waals surface area (Å²) in [6.07, 6.45) is 2.80. The lowest BCUT2D eigenvalue weighted by Crippen LogP contribution is -2.33. The van der Waals surface area contributed by atoms with E-state index < -0.39 is 6.10 Å². The molecule has 3 N–H and O–H groups in total. The van der Waals surface area contributed by atoms with Crippen LogP contribution in [0.4, 0.5) is 0 Å². The number of nitrogens with zero attached hydrogens (tertiary/aromatic N) is 1. The minimum atomic E-state index is -0.507. The molecule has 162 valence electrons. The van der Waals surface area contributed by atoms with Gasteiger partial charge in [-0.15, -0.1) is 0 Å². The van der Waals surface area contributed by atoms with Gasteiger partial charge in [0.1, 0.15) is 0 Å². The molecule has 0 unspecified atom stereocenters. The van der Waals surface area contributed by atoms with Crippen LogP contribution in [0.1, 0.15) is 66.0 Å². The highest BCUT2D eigenvalue weighted by atomic mass is 16.5. The largest absolute Gasteiger partial charge is 0.396 e. The van der Waals surface area contributed by atoms with E-state index in [9.17, 15) is 15.5 Å². The first kappa shape index (κ1) is 23.0. The summed E-state index contributed by atoms with van der Waals surface area (Å²) < 4.78 is 5.93. The van der Waals surface area contributed by atoms with Crippen LogP contribution in [0.25, 0.3) is 0 Å². The molecule has 2 aromatic carbocycles. The van der Waals surface area contributed by atoms with Gasteiger partial charge in [0.15, 0.2) is 0 Å². The summed E-state index contributed by atoms with van der Waals surface area (Å²) in [7, 11) is 0. The van der Waals surface area contributed by atoms with Crippen molar-refractivity contribution in [1.82, 2.24) is 0 Å². The zero-order chi connectivity index (χ0) is 22.1. The van der Waals surface area contributed by atoms with Gasteiger partial charge >= 0.3 is 0 Å². The monoisotopic (exact) mass is 419 g/mol. The van der Waals surface area contributed by atoms with Gasteiger partial charge in [0, 0.05) is 31.4 Å². The lowest BCUT2D eigenvalue weighted by molar-refractivity contribution is -0.113. The highest BCUT2D eigenvalue weighted by Gasteiger charge is 2.29. The Balaban J connectivity index is 1.72. The van der Waals surface area contributed by atoms with Gasteiger partial charge in [-0.2, -0.15) is 5.26 Å². The summed E-state index contributed by atoms with van der Waals surface area (Å²) in [5, 5.41) is 37.9. The predicted octanol–water partition coefficient (Wildman–Crippen LogP) is 3.24. The molecule has 0 aliphatic carbocycles. The van der Waals surface area contributed by atoms with Crippen LogP contribution in [0.2, 0.25) is 0 Å². The molecular weight excluding hydrogens is 390 g/mol. The van der Waals surface area contributed by atoms with Crippen LogP contribution in [0.3, 0.4) is 0 Å². The number of aliphatic hydroxyl groups excluding tert-OH is 3. The van der Waals surface area contributed by atoms with E-state index in [1.807, 2.05) is 36.4 Å². The zero-order valence-corrected chi connectivity index (χ0v) is 17.6. The van der Waals surface area contributed by atoms with Gasteiger partial charge in [-0.25, -0.2) is 0 Å². The van der Waals surface area contributed by atoms with Crippen molar-refractivity contribution < 1.29 is 20.1 Å². The van der Waals surface area contributed by atoms with E-state index in [0.29, 0.717) is 24.8 Å². The Bertz CT molecular complexity index is 952. The predicted molar refractivity (Wildman–Crippen MR) is 118 cm³/mol. The summed E-state index contributed by atoms with van der Waals surface area (Å²) in [4.78, 5) is 0. The second-order valence-corrected chi connectivity index (χ2v) is 7.94. The lowest BCUT2D eigenvalue weighted by Gasteiger charge is -2.32. The van der Waals surface area contributed by atoms with Crippen molar-refractivity contribution in [2.24, 2.45) is 0 Å². The van der Waals surface area contributed by atoms with E-state index in [-0.39, 0.29) is 25.4 Å². The van der Waals surface area contributed by atoms with E-state index in [4.69, 9.17) is 9.84 Å². The van der Waals surface area contributed by atoms with Gasteiger partial charge in [0.2, 0.25) is 0 Å². The average molecular weight is 420 g/mol. The van der Waals surface area contributed by atoms with Crippen LogP contribution in [-0.4, -0.2) is 40.7 Å². The number of rotatable bonds is 7. The molecule has 1 fully saturated rings. The summed E-state index contributed by atoms with van der Waals surface area (Å²) >= 11 is 0. The summed E-state index contributed by atoms with van der Waals surface area (Å²) in [6, 6.07) is 15.9. The Hall–Kier alpha value is -2.67. The molecule has 1 aliphatic rings. The molecule has 3 atom stereocenters. The highest BCUT2D eigenvalue weighted by Crippen LogP contribution is 2.32. The first-order valence-corrected chi connectivity index (χ1v) is 10.8. The van der Waals surface area contributed by atoms with Crippen LogP contribution in [-0.2, 0) is 11.2 Å². The number of unbranched alkanes of at least 4 members (excludes halogenated alkanes) is 2. The van der Waals surface area contributed by atoms with Crippen molar-refractivity contribution in [2.45, 2.75) is 56.8 Å². The fourth-order valence-electron chi connectivity index (χ4n) is 3.81. The molecule has 5 heteroatoms. The molecule has 1 saturated heterocycles. The Labute approximate surface area is 183 Å². The van der Waals surface area contributed by atoms with Crippen molar-refractivity contribution in [2.75, 3.05) is 13.2 Å². The minimum absolute atomic E-state index is 0.118. The van der Waals surface area contributed by atoms with E-state index in [0.717, 1.165) is 41.5 Å². The summed E-state index contributed by atoms with van der Waals surface area (Å²) in [6.45, 7) is 0.0884. The third kappa shape index (κ3) is 6.66. The molecule has 0 amide bonds. The SMILES string of the molecule is N#Cc1ccc([C@H]2C[C@@H](O)C[C@@H](CO)O2)cc1Cc1ccc(C#CCCCCO)cc1. The Morgan fingerprint density at radius 1 is 1.03 bits per heavy atom. The number of benzene rings is 2. The maximum absolute atomic E-state index is 10.1. The number of nitriles is 1. The van der Waals surface area contributed by atoms with Crippen LogP contribution >= 0.6 is 0 Å². The quantitative estimate of drug-likeness (QED) is 0.473. The fourth-order valence-corrected chi connectivity index (χ4v) is 3.81. The van der Waals surface area contributed by atoms with Crippen molar-refractivity contribution in [3.8, 4) is 17.9 Å². The van der Waals surface area contributed by atoms with Crippen LogP contribution < -0.4 is 0 Å². The van der Waals surface area contributed by atoms with Gasteiger partial charge in [-0.3, -0.25) is 0 Å². The van der Waals surface area contributed by atoms with E-state index >= 15 is 0 Å². The van der Waals surface area contributed by atoms with E-state index in [2.05, 4.69) is 17.9 Å². The molecule has 31 heavy (non-hydrogen) atoms. The second-order valence-electron chi connectivity index (χ2n) is 7.94. The van der Waals surface area contributed by atoms with Crippen molar-refractivity contribution in [3.63, 3.8) is 0 Å². The molecule has 1 aliphatic heterocycles. The van der Waals surface area contributed by atoms with E-state index in [1.54, 1.807) is 6.07 Å². The highest BCUT2D eigenvalue weighted by molar-refractivity contribution is 5.45. The molecule has 2 aromatic rings. The van der Waals surface area contributed by atoms with Crippen LogP contribution in [0, 0.1) is 23.2 Å². The molecule has 0 radical (unpaired) electrons. The molecular formula is C26H29NO4. The Morgan fingerprint density at radius 2 is 1.84 bits per heavy atom. The molecule has 0 saturated carbocycles. The lowest BCUT2D eigenvalue weighted by atomic mass is 9.92. The average Bonchev–Trinajstić information content (AvgIpc) is 2.79. The fraction of sp³-hybridized carbons (Fsp3) is 0.423. The number of hydrogen-bond donors (Lipinski definition) is 3. The van der Waals surface area contributed by atoms with Crippen molar-refractivity contribution in [3.05, 3.63) is 70.3 Å². The summed E-state index contributed by atoms with van der Waals surface area (Å²) in [5.41, 5.74) is 4.47. The Morgan fingerprint density at radius 3 is 2.55 bits per heavy atom. The molecule has 1 heterocycles. The standard InChI is InChI=1S/C26H29NO4/c27-17-22-11-10-21(26-16-24(30)15-25(18-29)31-26)14-23(22)13-20-8-6-19(7-9-20)5-3-1-2-4-12-28/h6-11,14,24-26,28-30H,1-2,4,12-13,15-16,18H2/t24-,25-,26+/m0/s1. The molecule has 0 bridgehead atoms. The third-order valence-corrected chi connectivity index (χ3v) is 5.49. The maximum Gasteiger partial charge on any atom is 0.0994 e.